The van der Waals surface area contributed by atoms with E-state index in [1.807, 2.05) is 0 Å². The average Bonchev–Trinajstić information content (AvgIpc) is 2.05. The van der Waals surface area contributed by atoms with Crippen molar-refractivity contribution in [1.29, 1.82) is 0 Å². The lowest BCUT2D eigenvalue weighted by atomic mass is 10.1. The molecule has 0 aliphatic carbocycles. The third-order valence-electron chi connectivity index (χ3n) is 1.54. The van der Waals surface area contributed by atoms with Crippen molar-refractivity contribution in [2.75, 3.05) is 0 Å². The zero-order valence-corrected chi connectivity index (χ0v) is 7.41. The molecule has 3 nitrogen and oxygen atoms in total. The summed E-state index contributed by atoms with van der Waals surface area (Å²) < 4.78 is 39.3. The highest BCUT2D eigenvalue weighted by atomic mass is 19.4. The van der Waals surface area contributed by atoms with Crippen molar-refractivity contribution in [3.8, 4) is 5.75 Å². The zero-order chi connectivity index (χ0) is 11.5. The van der Waals surface area contributed by atoms with E-state index in [1.165, 1.54) is 18.2 Å². The van der Waals surface area contributed by atoms with Crippen LogP contribution in [-0.2, 0) is 11.2 Å². The van der Waals surface area contributed by atoms with Gasteiger partial charge in [0, 0.05) is 5.56 Å². The molecule has 0 radical (unpaired) electrons. The van der Waals surface area contributed by atoms with Gasteiger partial charge in [0.15, 0.2) is 0 Å². The fourth-order valence-corrected chi connectivity index (χ4v) is 1.04. The summed E-state index contributed by atoms with van der Waals surface area (Å²) in [5.41, 5.74) is -0.0117. The monoisotopic (exact) mass is 220 g/mol. The van der Waals surface area contributed by atoms with Crippen LogP contribution in [0.1, 0.15) is 5.56 Å². The van der Waals surface area contributed by atoms with E-state index >= 15 is 0 Å². The van der Waals surface area contributed by atoms with Crippen LogP contribution in [-0.4, -0.2) is 17.4 Å². The lowest BCUT2D eigenvalue weighted by Crippen LogP contribution is -2.18. The molecule has 0 unspecified atom stereocenters. The molecular formula is C9H7F3O3. The van der Waals surface area contributed by atoms with Crippen LogP contribution in [0.25, 0.3) is 0 Å². The van der Waals surface area contributed by atoms with Crippen molar-refractivity contribution in [3.63, 3.8) is 0 Å². The van der Waals surface area contributed by atoms with Gasteiger partial charge in [-0.05, 0) is 6.07 Å². The summed E-state index contributed by atoms with van der Waals surface area (Å²) in [4.78, 5) is 10.3. The third-order valence-corrected chi connectivity index (χ3v) is 1.54. The van der Waals surface area contributed by atoms with E-state index in [2.05, 4.69) is 4.74 Å². The number of para-hydroxylation sites is 1. The van der Waals surface area contributed by atoms with Gasteiger partial charge in [-0.25, -0.2) is 0 Å². The van der Waals surface area contributed by atoms with Crippen LogP contribution in [0, 0.1) is 0 Å². The van der Waals surface area contributed by atoms with Crippen molar-refractivity contribution in [2.24, 2.45) is 0 Å². The summed E-state index contributed by atoms with van der Waals surface area (Å²) in [5, 5.41) is 8.45. The normalized spacial score (nSPS) is 11.1. The smallest absolute Gasteiger partial charge is 0.481 e. The Labute approximate surface area is 83.1 Å². The van der Waals surface area contributed by atoms with Gasteiger partial charge >= 0.3 is 12.3 Å². The minimum atomic E-state index is -4.81. The van der Waals surface area contributed by atoms with Crippen LogP contribution in [0.15, 0.2) is 24.3 Å². The Morgan fingerprint density at radius 1 is 1.33 bits per heavy atom. The number of hydrogen-bond acceptors (Lipinski definition) is 2. The van der Waals surface area contributed by atoms with Crippen molar-refractivity contribution in [2.45, 2.75) is 12.8 Å². The standard InChI is InChI=1S/C9H7F3O3/c10-9(11,12)15-7-4-2-1-3-6(7)5-8(13)14/h1-4H,5H2,(H,13,14). The first-order chi connectivity index (χ1) is 6.88. The molecule has 0 saturated heterocycles. The van der Waals surface area contributed by atoms with Crippen LogP contribution < -0.4 is 4.74 Å². The van der Waals surface area contributed by atoms with Crippen LogP contribution in [0.3, 0.4) is 0 Å². The molecule has 6 heteroatoms. The first kappa shape index (κ1) is 11.4. The molecule has 1 rings (SSSR count). The number of carboxylic acid groups (broad SMARTS) is 1. The lowest BCUT2D eigenvalue weighted by molar-refractivity contribution is -0.274. The number of aliphatic carboxylic acids is 1. The minimum Gasteiger partial charge on any atom is -0.481 e. The Bertz CT molecular complexity index is 360. The number of carbonyl (C=O) groups is 1. The van der Waals surface area contributed by atoms with E-state index < -0.39 is 24.5 Å². The number of hydrogen-bond donors (Lipinski definition) is 1. The van der Waals surface area contributed by atoms with Gasteiger partial charge in [0.1, 0.15) is 5.75 Å². The number of benzene rings is 1. The molecule has 1 aromatic carbocycles. The van der Waals surface area contributed by atoms with Gasteiger partial charge in [0.2, 0.25) is 0 Å². The van der Waals surface area contributed by atoms with Crippen molar-refractivity contribution in [1.82, 2.24) is 0 Å². The maximum absolute atomic E-state index is 11.9. The molecule has 0 aromatic heterocycles. The minimum absolute atomic E-state index is 0.0117. The largest absolute Gasteiger partial charge is 0.573 e. The summed E-state index contributed by atoms with van der Waals surface area (Å²) in [6, 6.07) is 5.13. The summed E-state index contributed by atoms with van der Waals surface area (Å²) >= 11 is 0. The molecule has 0 aliphatic heterocycles. The number of carboxylic acids is 1. The summed E-state index contributed by atoms with van der Waals surface area (Å²) in [7, 11) is 0. The highest BCUT2D eigenvalue weighted by Gasteiger charge is 2.32. The van der Waals surface area contributed by atoms with Gasteiger partial charge in [-0.1, -0.05) is 18.2 Å². The van der Waals surface area contributed by atoms with Gasteiger partial charge in [-0.2, -0.15) is 0 Å². The Kier molecular flexibility index (Phi) is 3.18. The molecule has 0 bridgehead atoms. The van der Waals surface area contributed by atoms with Crippen LogP contribution >= 0.6 is 0 Å². The fourth-order valence-electron chi connectivity index (χ4n) is 1.04. The Morgan fingerprint density at radius 3 is 2.47 bits per heavy atom. The Balaban J connectivity index is 2.91. The SMILES string of the molecule is O=C(O)Cc1ccccc1OC(F)(F)F. The third kappa shape index (κ3) is 3.88. The summed E-state index contributed by atoms with van der Waals surface area (Å²) in [5.74, 6) is -1.69. The molecule has 15 heavy (non-hydrogen) atoms. The van der Waals surface area contributed by atoms with Gasteiger partial charge in [-0.15, -0.1) is 13.2 Å². The van der Waals surface area contributed by atoms with Crippen molar-refractivity contribution >= 4 is 5.97 Å². The number of rotatable bonds is 3. The van der Waals surface area contributed by atoms with Gasteiger partial charge in [0.05, 0.1) is 6.42 Å². The first-order valence-corrected chi connectivity index (χ1v) is 3.94. The van der Waals surface area contributed by atoms with E-state index in [4.69, 9.17) is 5.11 Å². The molecule has 1 N–H and O–H groups in total. The highest BCUT2D eigenvalue weighted by Crippen LogP contribution is 2.26. The molecule has 82 valence electrons. The highest BCUT2D eigenvalue weighted by molar-refractivity contribution is 5.71. The van der Waals surface area contributed by atoms with Crippen LogP contribution in [0.2, 0.25) is 0 Å². The topological polar surface area (TPSA) is 46.5 Å². The summed E-state index contributed by atoms with van der Waals surface area (Å²) in [6.45, 7) is 0. The molecular weight excluding hydrogens is 213 g/mol. The second kappa shape index (κ2) is 4.20. The Morgan fingerprint density at radius 2 is 1.93 bits per heavy atom. The molecule has 0 atom stereocenters. The average molecular weight is 220 g/mol. The number of halogens is 3. The van der Waals surface area contributed by atoms with E-state index in [-0.39, 0.29) is 5.56 Å². The van der Waals surface area contributed by atoms with Gasteiger partial charge < -0.3 is 9.84 Å². The second-order valence-corrected chi connectivity index (χ2v) is 2.73. The quantitative estimate of drug-likeness (QED) is 0.849. The van der Waals surface area contributed by atoms with Gasteiger partial charge in [-0.3, -0.25) is 4.79 Å². The molecule has 0 spiro atoms. The summed E-state index contributed by atoms with van der Waals surface area (Å²) in [6.07, 6.45) is -5.32. The lowest BCUT2D eigenvalue weighted by Gasteiger charge is -2.11. The zero-order valence-electron chi connectivity index (χ0n) is 7.41. The second-order valence-electron chi connectivity index (χ2n) is 2.73. The maximum Gasteiger partial charge on any atom is 0.573 e. The van der Waals surface area contributed by atoms with Crippen LogP contribution in [0.4, 0.5) is 13.2 Å². The Hall–Kier alpha value is -1.72. The predicted octanol–water partition coefficient (Wildman–Crippen LogP) is 2.21. The molecule has 1 aromatic rings. The molecule has 0 aliphatic rings. The van der Waals surface area contributed by atoms with E-state index in [0.717, 1.165) is 6.07 Å². The number of ether oxygens (including phenoxy) is 1. The predicted molar refractivity (Wildman–Crippen MR) is 44.5 cm³/mol. The maximum atomic E-state index is 11.9. The van der Waals surface area contributed by atoms with Gasteiger partial charge in [0.25, 0.3) is 0 Å². The molecule has 0 fully saturated rings. The van der Waals surface area contributed by atoms with E-state index in [1.54, 1.807) is 0 Å². The molecule has 0 amide bonds. The van der Waals surface area contributed by atoms with E-state index in [9.17, 15) is 18.0 Å². The van der Waals surface area contributed by atoms with E-state index in [0.29, 0.717) is 0 Å². The number of alkyl halides is 3. The molecule has 0 heterocycles. The van der Waals surface area contributed by atoms with Crippen LogP contribution in [0.5, 0.6) is 5.75 Å². The first-order valence-electron chi connectivity index (χ1n) is 3.94. The van der Waals surface area contributed by atoms with Crippen molar-refractivity contribution < 1.29 is 27.8 Å². The van der Waals surface area contributed by atoms with Crippen molar-refractivity contribution in [3.05, 3.63) is 29.8 Å². The molecule has 0 saturated carbocycles. The fraction of sp³-hybridized carbons (Fsp3) is 0.222.